The number of benzene rings is 2. The Morgan fingerprint density at radius 3 is 1.96 bits per heavy atom. The Kier molecular flexibility index (Phi) is 5.78. The summed E-state index contributed by atoms with van der Waals surface area (Å²) in [5.41, 5.74) is -1.81. The summed E-state index contributed by atoms with van der Waals surface area (Å²) in [5, 5.41) is 0. The molecule has 2 aromatic carbocycles. The van der Waals surface area contributed by atoms with E-state index in [1.807, 2.05) is 24.3 Å². The van der Waals surface area contributed by atoms with Crippen molar-refractivity contribution in [2.75, 3.05) is 0 Å². The van der Waals surface area contributed by atoms with Crippen LogP contribution in [0.1, 0.15) is 42.3 Å². The summed E-state index contributed by atoms with van der Waals surface area (Å²) < 4.78 is 36.9. The van der Waals surface area contributed by atoms with E-state index in [1.165, 1.54) is 35.9 Å². The molecule has 2 aromatic rings. The largest absolute Gasteiger partial charge is 0.446 e. The molecule has 0 saturated carbocycles. The summed E-state index contributed by atoms with van der Waals surface area (Å²) in [5.74, 6) is -0.247. The van der Waals surface area contributed by atoms with Gasteiger partial charge in [0.25, 0.3) is 0 Å². The minimum absolute atomic E-state index is 0.0609. The maximum Gasteiger partial charge on any atom is 0.446 e. The maximum absolute atomic E-state index is 12.3. The third-order valence-electron chi connectivity index (χ3n) is 3.58. The van der Waals surface area contributed by atoms with Gasteiger partial charge in [0.05, 0.1) is 0 Å². The van der Waals surface area contributed by atoms with Crippen LogP contribution < -0.4 is 0 Å². The number of ketones is 1. The highest BCUT2D eigenvalue weighted by atomic mass is 32.2. The van der Waals surface area contributed by atoms with Crippen molar-refractivity contribution in [3.63, 3.8) is 0 Å². The zero-order chi connectivity index (χ0) is 18.7. The summed E-state index contributed by atoms with van der Waals surface area (Å²) in [6.45, 7) is 6.38. The summed E-state index contributed by atoms with van der Waals surface area (Å²) >= 11 is -0.195. The van der Waals surface area contributed by atoms with Crippen LogP contribution in [0.4, 0.5) is 13.2 Å². The van der Waals surface area contributed by atoms with Crippen molar-refractivity contribution >= 4 is 23.6 Å². The normalized spacial score (nSPS) is 12.6. The zero-order valence-electron chi connectivity index (χ0n) is 14.2. The van der Waals surface area contributed by atoms with Crippen LogP contribution >= 0.6 is 11.8 Å². The van der Waals surface area contributed by atoms with Crippen LogP contribution in [0.2, 0.25) is 0 Å². The van der Waals surface area contributed by atoms with E-state index in [2.05, 4.69) is 20.8 Å². The SMILES string of the molecule is CC(C)(C)c1ccc(/C=C/C(=O)c2ccc(SC(F)(F)F)cc2)cc1. The van der Waals surface area contributed by atoms with Gasteiger partial charge in [-0.25, -0.2) is 0 Å². The van der Waals surface area contributed by atoms with E-state index in [0.717, 1.165) is 5.56 Å². The van der Waals surface area contributed by atoms with Gasteiger partial charge in [-0.3, -0.25) is 4.79 Å². The number of thioether (sulfide) groups is 1. The van der Waals surface area contributed by atoms with Gasteiger partial charge in [-0.05, 0) is 58.6 Å². The molecule has 0 aliphatic carbocycles. The van der Waals surface area contributed by atoms with Gasteiger partial charge in [-0.2, -0.15) is 13.2 Å². The molecule has 132 valence electrons. The van der Waals surface area contributed by atoms with Gasteiger partial charge >= 0.3 is 5.51 Å². The lowest BCUT2D eigenvalue weighted by Crippen LogP contribution is -2.10. The van der Waals surface area contributed by atoms with E-state index in [0.29, 0.717) is 5.56 Å². The number of carbonyl (C=O) groups is 1. The molecule has 0 unspecified atom stereocenters. The fraction of sp³-hybridized carbons (Fsp3) is 0.250. The monoisotopic (exact) mass is 364 g/mol. The first-order valence-electron chi connectivity index (χ1n) is 7.73. The summed E-state index contributed by atoms with van der Waals surface area (Å²) in [7, 11) is 0. The Labute approximate surface area is 149 Å². The minimum Gasteiger partial charge on any atom is -0.289 e. The smallest absolute Gasteiger partial charge is 0.289 e. The Morgan fingerprint density at radius 2 is 1.48 bits per heavy atom. The van der Waals surface area contributed by atoms with E-state index in [-0.39, 0.29) is 27.9 Å². The van der Waals surface area contributed by atoms with Crippen molar-refractivity contribution in [3.8, 4) is 0 Å². The average Bonchev–Trinajstić information content (AvgIpc) is 2.51. The van der Waals surface area contributed by atoms with Crippen molar-refractivity contribution in [1.29, 1.82) is 0 Å². The second-order valence-corrected chi connectivity index (χ2v) is 7.78. The van der Waals surface area contributed by atoms with Crippen LogP contribution in [0.3, 0.4) is 0 Å². The average molecular weight is 364 g/mol. The summed E-state index contributed by atoms with van der Waals surface area (Å²) in [6.07, 6.45) is 3.13. The molecule has 0 aromatic heterocycles. The lowest BCUT2D eigenvalue weighted by molar-refractivity contribution is -0.0328. The molecule has 0 amide bonds. The van der Waals surface area contributed by atoms with Gasteiger partial charge < -0.3 is 0 Å². The Bertz CT molecular complexity index is 752. The number of hydrogen-bond acceptors (Lipinski definition) is 2. The maximum atomic E-state index is 12.3. The molecule has 0 fully saturated rings. The number of hydrogen-bond donors (Lipinski definition) is 0. The highest BCUT2D eigenvalue weighted by Gasteiger charge is 2.29. The van der Waals surface area contributed by atoms with Gasteiger partial charge in [-0.1, -0.05) is 51.1 Å². The Balaban J connectivity index is 2.05. The minimum atomic E-state index is -4.33. The van der Waals surface area contributed by atoms with Gasteiger partial charge in [-0.15, -0.1) is 0 Å². The zero-order valence-corrected chi connectivity index (χ0v) is 15.0. The van der Waals surface area contributed by atoms with E-state index < -0.39 is 5.51 Å². The topological polar surface area (TPSA) is 17.1 Å². The van der Waals surface area contributed by atoms with Crippen LogP contribution in [0.5, 0.6) is 0 Å². The number of allylic oxidation sites excluding steroid dienone is 1. The second kappa shape index (κ2) is 7.48. The number of halogens is 3. The van der Waals surface area contributed by atoms with Gasteiger partial charge in [0.15, 0.2) is 5.78 Å². The molecule has 25 heavy (non-hydrogen) atoms. The lowest BCUT2D eigenvalue weighted by atomic mass is 9.87. The summed E-state index contributed by atoms with van der Waals surface area (Å²) in [4.78, 5) is 12.2. The standard InChI is InChI=1S/C20H19F3OS/c1-19(2,3)16-9-4-14(5-10-16)6-13-18(24)15-7-11-17(12-8-15)25-20(21,22)23/h4-13H,1-3H3/b13-6+. The summed E-state index contributed by atoms with van der Waals surface area (Å²) in [6, 6.07) is 13.3. The molecule has 0 aliphatic rings. The Morgan fingerprint density at radius 1 is 0.920 bits per heavy atom. The highest BCUT2D eigenvalue weighted by Crippen LogP contribution is 2.36. The van der Waals surface area contributed by atoms with Crippen molar-refractivity contribution in [2.45, 2.75) is 36.6 Å². The molecule has 0 aliphatic heterocycles. The molecule has 0 heterocycles. The highest BCUT2D eigenvalue weighted by molar-refractivity contribution is 8.00. The van der Waals surface area contributed by atoms with E-state index in [4.69, 9.17) is 0 Å². The second-order valence-electron chi connectivity index (χ2n) is 6.64. The van der Waals surface area contributed by atoms with Crippen molar-refractivity contribution in [1.82, 2.24) is 0 Å². The first kappa shape index (κ1) is 19.3. The third kappa shape index (κ3) is 6.09. The van der Waals surface area contributed by atoms with Crippen molar-refractivity contribution in [2.24, 2.45) is 0 Å². The number of rotatable bonds is 4. The van der Waals surface area contributed by atoms with Gasteiger partial charge in [0, 0.05) is 10.5 Å². The lowest BCUT2D eigenvalue weighted by Gasteiger charge is -2.18. The molecule has 0 saturated heterocycles. The van der Waals surface area contributed by atoms with Gasteiger partial charge in [0.2, 0.25) is 0 Å². The molecular formula is C20H19F3OS. The molecule has 5 heteroatoms. The fourth-order valence-corrected chi connectivity index (χ4v) is 2.72. The number of alkyl halides is 3. The van der Waals surface area contributed by atoms with Crippen LogP contribution in [0, 0.1) is 0 Å². The molecule has 0 radical (unpaired) electrons. The first-order valence-corrected chi connectivity index (χ1v) is 8.55. The third-order valence-corrected chi connectivity index (χ3v) is 4.32. The molecule has 0 N–H and O–H groups in total. The predicted molar refractivity (Wildman–Crippen MR) is 96.9 cm³/mol. The van der Waals surface area contributed by atoms with Crippen LogP contribution in [-0.4, -0.2) is 11.3 Å². The Hall–Kier alpha value is -2.01. The molecule has 0 bridgehead atoms. The molecule has 0 atom stereocenters. The van der Waals surface area contributed by atoms with E-state index >= 15 is 0 Å². The predicted octanol–water partition coefficient (Wildman–Crippen LogP) is 6.49. The van der Waals surface area contributed by atoms with Crippen LogP contribution in [0.15, 0.2) is 59.5 Å². The molecule has 1 nitrogen and oxygen atoms in total. The quantitative estimate of drug-likeness (QED) is 0.350. The fourth-order valence-electron chi connectivity index (χ4n) is 2.18. The van der Waals surface area contributed by atoms with Crippen LogP contribution in [-0.2, 0) is 5.41 Å². The molecule has 0 spiro atoms. The number of carbonyl (C=O) groups excluding carboxylic acids is 1. The van der Waals surface area contributed by atoms with E-state index in [1.54, 1.807) is 6.08 Å². The van der Waals surface area contributed by atoms with Crippen molar-refractivity contribution < 1.29 is 18.0 Å². The molecule has 2 rings (SSSR count). The van der Waals surface area contributed by atoms with Crippen LogP contribution in [0.25, 0.3) is 6.08 Å². The first-order chi connectivity index (χ1) is 11.5. The molecular weight excluding hydrogens is 345 g/mol. The van der Waals surface area contributed by atoms with Gasteiger partial charge in [0.1, 0.15) is 0 Å². The van der Waals surface area contributed by atoms with E-state index in [9.17, 15) is 18.0 Å². The van der Waals surface area contributed by atoms with Crippen molar-refractivity contribution in [3.05, 3.63) is 71.3 Å².